The first-order chi connectivity index (χ1) is 5.81. The van der Waals surface area contributed by atoms with E-state index in [1.165, 1.54) is 0 Å². The normalized spacial score (nSPS) is 9.50. The first-order valence-electron chi connectivity index (χ1n) is 4.65. The Morgan fingerprint density at radius 3 is 2.58 bits per heavy atom. The zero-order valence-electron chi connectivity index (χ0n) is 8.01. The summed E-state index contributed by atoms with van der Waals surface area (Å²) in [5.74, 6) is 0. The molecule has 0 aliphatic rings. The van der Waals surface area contributed by atoms with Crippen LogP contribution in [-0.2, 0) is 4.74 Å². The van der Waals surface area contributed by atoms with E-state index < -0.39 is 6.09 Å². The van der Waals surface area contributed by atoms with Crippen molar-refractivity contribution in [3.05, 3.63) is 0 Å². The van der Waals surface area contributed by atoms with Crippen LogP contribution in [0, 0.1) is 0 Å². The van der Waals surface area contributed by atoms with Crippen LogP contribution in [0.4, 0.5) is 4.79 Å². The molecule has 0 aromatic rings. The molecule has 0 saturated carbocycles. The van der Waals surface area contributed by atoms with E-state index in [2.05, 4.69) is 12.2 Å². The summed E-state index contributed by atoms with van der Waals surface area (Å²) in [5, 5.41) is 3.68. The summed E-state index contributed by atoms with van der Waals surface area (Å²) in [6, 6.07) is 0. The fraction of sp³-hybridized carbons (Fsp3) is 0.889. The van der Waals surface area contributed by atoms with Gasteiger partial charge in [-0.3, -0.25) is 0 Å². The quantitative estimate of drug-likeness (QED) is 0.577. The van der Waals surface area contributed by atoms with E-state index in [1.54, 1.807) is 0 Å². The highest BCUT2D eigenvalue weighted by molar-refractivity contribution is 5.66. The number of ether oxygens (including phenoxy) is 1. The average molecular weight is 172 g/mol. The topological polar surface area (TPSA) is 40.4 Å². The van der Waals surface area contributed by atoms with Gasteiger partial charge in [0.05, 0.1) is 6.61 Å². The molecule has 0 rings (SSSR count). The third-order valence-corrected chi connectivity index (χ3v) is 1.44. The highest BCUT2D eigenvalue weighted by atomic mass is 16.5. The SMILES string of the molecule is CCCCCOC(=O)[N]CCC. The Labute approximate surface area is 74.5 Å². The maximum Gasteiger partial charge on any atom is 0.428 e. The van der Waals surface area contributed by atoms with E-state index in [-0.39, 0.29) is 0 Å². The zero-order chi connectivity index (χ0) is 9.23. The molecule has 0 aromatic carbocycles. The molecule has 0 aliphatic carbocycles. The highest BCUT2D eigenvalue weighted by Gasteiger charge is 2.00. The summed E-state index contributed by atoms with van der Waals surface area (Å²) in [6.45, 7) is 5.18. The molecule has 12 heavy (non-hydrogen) atoms. The van der Waals surface area contributed by atoms with Crippen LogP contribution in [-0.4, -0.2) is 19.2 Å². The van der Waals surface area contributed by atoms with Gasteiger partial charge in [-0.25, -0.2) is 10.1 Å². The van der Waals surface area contributed by atoms with Gasteiger partial charge in [0.25, 0.3) is 0 Å². The first kappa shape index (κ1) is 11.3. The summed E-state index contributed by atoms with van der Waals surface area (Å²) < 4.78 is 4.84. The van der Waals surface area contributed by atoms with Gasteiger partial charge in [-0.2, -0.15) is 0 Å². The zero-order valence-corrected chi connectivity index (χ0v) is 8.01. The first-order valence-corrected chi connectivity index (χ1v) is 4.65. The molecule has 0 atom stereocenters. The molecule has 0 N–H and O–H groups in total. The summed E-state index contributed by atoms with van der Waals surface area (Å²) in [7, 11) is 0. The summed E-state index contributed by atoms with van der Waals surface area (Å²) in [6.07, 6.45) is 3.69. The second kappa shape index (κ2) is 8.37. The molecule has 0 spiro atoms. The van der Waals surface area contributed by atoms with Gasteiger partial charge in [0.1, 0.15) is 0 Å². The van der Waals surface area contributed by atoms with E-state index >= 15 is 0 Å². The number of hydrogen-bond donors (Lipinski definition) is 0. The predicted molar refractivity (Wildman–Crippen MR) is 48.2 cm³/mol. The molecule has 3 nitrogen and oxygen atoms in total. The molecule has 0 aromatic heterocycles. The van der Waals surface area contributed by atoms with Crippen LogP contribution in [0.2, 0.25) is 0 Å². The Morgan fingerprint density at radius 1 is 1.25 bits per heavy atom. The molecule has 0 unspecified atom stereocenters. The standard InChI is InChI=1S/C9H18NO2/c1-3-5-6-8-12-9(11)10-7-4-2/h3-8H2,1-2H3. The van der Waals surface area contributed by atoms with Crippen LogP contribution in [0.3, 0.4) is 0 Å². The highest BCUT2D eigenvalue weighted by Crippen LogP contribution is 1.94. The number of hydrogen-bond acceptors (Lipinski definition) is 2. The number of rotatable bonds is 6. The lowest BCUT2D eigenvalue weighted by Crippen LogP contribution is -2.18. The smallest absolute Gasteiger partial charge is 0.428 e. The van der Waals surface area contributed by atoms with Crippen LogP contribution < -0.4 is 5.32 Å². The van der Waals surface area contributed by atoms with Crippen molar-refractivity contribution >= 4 is 6.09 Å². The minimum Gasteiger partial charge on any atom is -0.448 e. The third kappa shape index (κ3) is 7.38. The molecule has 1 radical (unpaired) electrons. The number of unbranched alkanes of at least 4 members (excludes halogenated alkanes) is 2. The van der Waals surface area contributed by atoms with Crippen molar-refractivity contribution in [2.24, 2.45) is 0 Å². The Kier molecular flexibility index (Phi) is 7.86. The van der Waals surface area contributed by atoms with Crippen LogP contribution in [0.1, 0.15) is 39.5 Å². The Bertz CT molecular complexity index is 115. The van der Waals surface area contributed by atoms with E-state index in [9.17, 15) is 4.79 Å². The van der Waals surface area contributed by atoms with Crippen molar-refractivity contribution in [3.8, 4) is 0 Å². The molecule has 1 amide bonds. The van der Waals surface area contributed by atoms with E-state index in [0.717, 1.165) is 25.7 Å². The van der Waals surface area contributed by atoms with E-state index in [1.807, 2.05) is 6.92 Å². The van der Waals surface area contributed by atoms with Crippen molar-refractivity contribution in [3.63, 3.8) is 0 Å². The van der Waals surface area contributed by atoms with E-state index in [0.29, 0.717) is 13.2 Å². The van der Waals surface area contributed by atoms with Gasteiger partial charge in [0.2, 0.25) is 0 Å². The molecular weight excluding hydrogens is 154 g/mol. The molecule has 0 heterocycles. The lowest BCUT2D eigenvalue weighted by Gasteiger charge is -2.02. The number of carbonyl (C=O) groups excluding carboxylic acids is 1. The minimum atomic E-state index is -0.409. The number of carbonyl (C=O) groups is 1. The van der Waals surface area contributed by atoms with Crippen LogP contribution in [0.15, 0.2) is 0 Å². The molecular formula is C9H18NO2. The summed E-state index contributed by atoms with van der Waals surface area (Å²) in [5.41, 5.74) is 0. The molecule has 0 saturated heterocycles. The average Bonchev–Trinajstić information content (AvgIpc) is 2.09. The molecule has 0 fully saturated rings. The van der Waals surface area contributed by atoms with Gasteiger partial charge in [0, 0.05) is 6.54 Å². The minimum absolute atomic E-state index is 0.409. The predicted octanol–water partition coefficient (Wildman–Crippen LogP) is 2.33. The van der Waals surface area contributed by atoms with Crippen molar-refractivity contribution in [2.75, 3.05) is 13.2 Å². The van der Waals surface area contributed by atoms with Gasteiger partial charge in [0.15, 0.2) is 0 Å². The van der Waals surface area contributed by atoms with Crippen LogP contribution in [0.25, 0.3) is 0 Å². The lowest BCUT2D eigenvalue weighted by molar-refractivity contribution is 0.143. The monoisotopic (exact) mass is 172 g/mol. The number of nitrogens with zero attached hydrogens (tertiary/aromatic N) is 1. The van der Waals surface area contributed by atoms with Crippen molar-refractivity contribution in [2.45, 2.75) is 39.5 Å². The lowest BCUT2D eigenvalue weighted by atomic mass is 10.3. The number of amides is 1. The van der Waals surface area contributed by atoms with Crippen LogP contribution >= 0.6 is 0 Å². The second-order valence-corrected chi connectivity index (χ2v) is 2.70. The fourth-order valence-corrected chi connectivity index (χ4v) is 0.760. The van der Waals surface area contributed by atoms with Crippen molar-refractivity contribution < 1.29 is 9.53 Å². The fourth-order valence-electron chi connectivity index (χ4n) is 0.760. The van der Waals surface area contributed by atoms with Crippen molar-refractivity contribution in [1.29, 1.82) is 0 Å². The van der Waals surface area contributed by atoms with Gasteiger partial charge in [-0.15, -0.1) is 0 Å². The third-order valence-electron chi connectivity index (χ3n) is 1.44. The largest absolute Gasteiger partial charge is 0.448 e. The van der Waals surface area contributed by atoms with Gasteiger partial charge in [-0.1, -0.05) is 26.7 Å². The van der Waals surface area contributed by atoms with Gasteiger partial charge >= 0.3 is 6.09 Å². The Hall–Kier alpha value is -0.730. The summed E-state index contributed by atoms with van der Waals surface area (Å²) >= 11 is 0. The molecule has 3 heteroatoms. The Morgan fingerprint density at radius 2 is 2.00 bits per heavy atom. The van der Waals surface area contributed by atoms with Gasteiger partial charge in [-0.05, 0) is 12.8 Å². The maximum atomic E-state index is 10.8. The molecule has 71 valence electrons. The second-order valence-electron chi connectivity index (χ2n) is 2.70. The van der Waals surface area contributed by atoms with E-state index in [4.69, 9.17) is 4.74 Å². The molecule has 0 bridgehead atoms. The maximum absolute atomic E-state index is 10.8. The Balaban J connectivity index is 3.08. The van der Waals surface area contributed by atoms with Crippen LogP contribution in [0.5, 0.6) is 0 Å². The summed E-state index contributed by atoms with van der Waals surface area (Å²) in [4.78, 5) is 10.8. The van der Waals surface area contributed by atoms with Crippen molar-refractivity contribution in [1.82, 2.24) is 5.32 Å². The van der Waals surface area contributed by atoms with Gasteiger partial charge < -0.3 is 4.74 Å². The molecule has 0 aliphatic heterocycles.